The summed E-state index contributed by atoms with van der Waals surface area (Å²) in [4.78, 5) is 65.3. The van der Waals surface area contributed by atoms with Gasteiger partial charge in [0.25, 0.3) is 11.8 Å². The van der Waals surface area contributed by atoms with Crippen molar-refractivity contribution in [2.24, 2.45) is 5.73 Å². The van der Waals surface area contributed by atoms with Gasteiger partial charge in [-0.25, -0.2) is 0 Å². The van der Waals surface area contributed by atoms with E-state index in [2.05, 4.69) is 86.5 Å². The highest BCUT2D eigenvalue weighted by Crippen LogP contribution is 2.39. The molecule has 16 heteroatoms. The third kappa shape index (κ3) is 14.8. The number of piperidine rings is 2. The lowest BCUT2D eigenvalue weighted by Crippen LogP contribution is -2.50. The number of aromatic nitrogens is 2. The fraction of sp³-hybridized carbons (Fsp3) is 0.414. The van der Waals surface area contributed by atoms with E-state index in [1.807, 2.05) is 63.5 Å². The zero-order valence-electron chi connectivity index (χ0n) is 43.1. The standard InChI is InChI=1S/C29H32ClN3O2S.C25H28ClN3OS.C4H6Cl2O/c1-29(2,3)26-16-19(10-11-31-26)25-15-21(18-36-25)23-9-8-20(14-24(23)30)28(35)32-12-4-6-22(17-32)33-13-5-7-27(33)34;1-25(2,3)23-13-16(8-9-28-23)22-12-18(15-31-22)20-7-6-17(11-21(20)26)24(30)29-10-4-5-19(27)14-29;5-3-1-2-4(6)7/h8-11,14-16,18,22H,4-7,12-13,17H2,1-3H3;6-9,11-13,15,19H,4-5,10,14,27H2,1-3H3;1-3H2. The van der Waals surface area contributed by atoms with Crippen LogP contribution in [0.3, 0.4) is 0 Å². The molecule has 2 unspecified atom stereocenters. The van der Waals surface area contributed by atoms with E-state index in [4.69, 9.17) is 52.1 Å². The average Bonchev–Trinajstić information content (AvgIpc) is 4.18. The van der Waals surface area contributed by atoms with Crippen LogP contribution in [0.25, 0.3) is 43.1 Å². The van der Waals surface area contributed by atoms with Crippen LogP contribution >= 0.6 is 69.1 Å². The molecule has 2 N–H and O–H groups in total. The van der Waals surface area contributed by atoms with Gasteiger partial charge in [0.15, 0.2) is 0 Å². The number of benzene rings is 2. The van der Waals surface area contributed by atoms with E-state index in [0.717, 1.165) is 94.8 Å². The molecule has 0 spiro atoms. The average molecular weight is 1120 g/mol. The maximum absolute atomic E-state index is 13.3. The lowest BCUT2D eigenvalue weighted by Gasteiger charge is -2.37. The van der Waals surface area contributed by atoms with Crippen molar-refractivity contribution in [1.82, 2.24) is 24.7 Å². The Balaban J connectivity index is 0.000000193. The summed E-state index contributed by atoms with van der Waals surface area (Å²) in [6.07, 6.45) is 10.2. The third-order valence-corrected chi connectivity index (χ3v) is 16.4. The second kappa shape index (κ2) is 25.5. The first-order valence-electron chi connectivity index (χ1n) is 25.3. The number of hydrogen-bond donors (Lipinski definition) is 1. The van der Waals surface area contributed by atoms with Crippen LogP contribution in [-0.2, 0) is 20.4 Å². The molecule has 2 aromatic carbocycles. The van der Waals surface area contributed by atoms with Gasteiger partial charge in [0.1, 0.15) is 0 Å². The van der Waals surface area contributed by atoms with Crippen LogP contribution in [-0.4, -0.2) is 98.3 Å². The first kappa shape index (κ1) is 57.1. The van der Waals surface area contributed by atoms with Crippen LogP contribution in [0.15, 0.2) is 96.0 Å². The Morgan fingerprint density at radius 2 is 1.16 bits per heavy atom. The minimum atomic E-state index is -0.305. The maximum atomic E-state index is 13.3. The number of hydrogen-bond acceptors (Lipinski definition) is 9. The maximum Gasteiger partial charge on any atom is 0.253 e. The van der Waals surface area contributed by atoms with Gasteiger partial charge in [-0.15, -0.1) is 34.3 Å². The van der Waals surface area contributed by atoms with Gasteiger partial charge in [0, 0.05) is 140 Å². The first-order valence-corrected chi connectivity index (χ1v) is 28.7. The molecular formula is C58H66Cl4N6O4S2. The highest BCUT2D eigenvalue weighted by molar-refractivity contribution is 7.14. The van der Waals surface area contributed by atoms with E-state index >= 15 is 0 Å². The Labute approximate surface area is 464 Å². The molecule has 0 radical (unpaired) electrons. The number of rotatable bonds is 10. The number of alkyl halides is 1. The summed E-state index contributed by atoms with van der Waals surface area (Å²) in [6, 6.07) is 24.1. The summed E-state index contributed by atoms with van der Waals surface area (Å²) in [6.45, 7) is 16.5. The molecule has 3 amide bonds. The number of nitrogens with two attached hydrogens (primary N) is 1. The number of carbonyl (C=O) groups is 4. The van der Waals surface area contributed by atoms with Crippen LogP contribution in [0.1, 0.15) is 125 Å². The Morgan fingerprint density at radius 1 is 0.662 bits per heavy atom. The van der Waals surface area contributed by atoms with E-state index < -0.39 is 0 Å². The van der Waals surface area contributed by atoms with Gasteiger partial charge in [0.2, 0.25) is 11.1 Å². The number of likely N-dealkylation sites (tertiary alicyclic amines) is 3. The van der Waals surface area contributed by atoms with Crippen LogP contribution in [0.4, 0.5) is 0 Å². The lowest BCUT2D eigenvalue weighted by atomic mass is 9.90. The second-order valence-electron chi connectivity index (χ2n) is 21.2. The van der Waals surface area contributed by atoms with Gasteiger partial charge < -0.3 is 20.4 Å². The molecule has 3 aliphatic heterocycles. The number of thiophene rings is 2. The van der Waals surface area contributed by atoms with Crippen LogP contribution in [0, 0.1) is 0 Å². The summed E-state index contributed by atoms with van der Waals surface area (Å²) >= 11 is 26.9. The van der Waals surface area contributed by atoms with Crippen molar-refractivity contribution in [2.75, 3.05) is 38.6 Å². The van der Waals surface area contributed by atoms with E-state index in [1.165, 1.54) is 4.88 Å². The molecule has 4 aromatic heterocycles. The fourth-order valence-corrected chi connectivity index (χ4v) is 11.9. The van der Waals surface area contributed by atoms with Gasteiger partial charge in [0.05, 0.1) is 0 Å². The van der Waals surface area contributed by atoms with Crippen LogP contribution in [0.2, 0.25) is 10.0 Å². The molecule has 0 saturated carbocycles. The highest BCUT2D eigenvalue weighted by atomic mass is 35.5. The molecular weight excluding hydrogens is 1050 g/mol. The molecule has 74 heavy (non-hydrogen) atoms. The molecule has 3 fully saturated rings. The number of amides is 3. The monoisotopic (exact) mass is 1110 g/mol. The van der Waals surface area contributed by atoms with Crippen molar-refractivity contribution in [3.63, 3.8) is 0 Å². The molecule has 7 heterocycles. The van der Waals surface area contributed by atoms with E-state index in [-0.39, 0.29) is 45.9 Å². The second-order valence-corrected chi connectivity index (χ2v) is 24.6. The van der Waals surface area contributed by atoms with Crippen LogP contribution < -0.4 is 5.73 Å². The summed E-state index contributed by atoms with van der Waals surface area (Å²) in [5.74, 6) is 0.718. The van der Waals surface area contributed by atoms with Crippen molar-refractivity contribution in [1.29, 1.82) is 0 Å². The molecule has 9 rings (SSSR count). The van der Waals surface area contributed by atoms with E-state index in [9.17, 15) is 19.2 Å². The van der Waals surface area contributed by atoms with Crippen molar-refractivity contribution < 1.29 is 19.2 Å². The predicted octanol–water partition coefficient (Wildman–Crippen LogP) is 14.4. The molecule has 3 saturated heterocycles. The largest absolute Gasteiger partial charge is 0.338 e. The topological polar surface area (TPSA) is 130 Å². The normalized spacial score (nSPS) is 17.1. The molecule has 10 nitrogen and oxygen atoms in total. The molecule has 0 bridgehead atoms. The van der Waals surface area contributed by atoms with Crippen molar-refractivity contribution in [2.45, 2.75) is 116 Å². The number of carbonyl (C=O) groups excluding carboxylic acids is 4. The van der Waals surface area contributed by atoms with Gasteiger partial charge in [-0.05, 0) is 144 Å². The summed E-state index contributed by atoms with van der Waals surface area (Å²) in [5, 5.41) is 5.07. The number of halogens is 4. The van der Waals surface area contributed by atoms with Crippen molar-refractivity contribution in [3.05, 3.63) is 129 Å². The SMILES string of the molecule is CC(C)(C)c1cc(-c2cc(-c3ccc(C(=O)N4CCCC(N)C4)cc3Cl)cs2)ccn1.CC(C)(C)c1cc(-c2cc(-c3ccc(C(=O)N4CCCC(N5CCCC5=O)C4)cc3Cl)cs2)ccn1.O=C(Cl)CCCCl. The van der Waals surface area contributed by atoms with Gasteiger partial charge >= 0.3 is 0 Å². The van der Waals surface area contributed by atoms with Crippen molar-refractivity contribution in [3.8, 4) is 43.1 Å². The summed E-state index contributed by atoms with van der Waals surface area (Å²) in [5.41, 5.74) is 15.6. The molecule has 3 aliphatic rings. The van der Waals surface area contributed by atoms with E-state index in [0.29, 0.717) is 65.9 Å². The fourth-order valence-electron chi connectivity index (χ4n) is 9.22. The Kier molecular flexibility index (Phi) is 19.6. The molecule has 6 aromatic rings. The molecule has 2 atom stereocenters. The smallest absolute Gasteiger partial charge is 0.253 e. The molecule has 392 valence electrons. The minimum absolute atomic E-state index is 0.0000510. The van der Waals surface area contributed by atoms with Gasteiger partial charge in [-0.2, -0.15) is 0 Å². The minimum Gasteiger partial charge on any atom is -0.338 e. The zero-order chi connectivity index (χ0) is 53.3. The van der Waals surface area contributed by atoms with E-state index in [1.54, 1.807) is 34.8 Å². The van der Waals surface area contributed by atoms with Gasteiger partial charge in [-0.1, -0.05) is 76.9 Å². The van der Waals surface area contributed by atoms with Crippen molar-refractivity contribution >= 4 is 92.0 Å². The predicted molar refractivity (Wildman–Crippen MR) is 307 cm³/mol. The first-order chi connectivity index (χ1) is 35.2. The Morgan fingerprint density at radius 3 is 1.58 bits per heavy atom. The quantitative estimate of drug-likeness (QED) is 0.107. The third-order valence-electron chi connectivity index (χ3n) is 13.4. The Hall–Kier alpha value is -4.66. The highest BCUT2D eigenvalue weighted by Gasteiger charge is 2.33. The number of nitrogens with zero attached hydrogens (tertiary/aromatic N) is 5. The zero-order valence-corrected chi connectivity index (χ0v) is 47.7. The molecule has 0 aliphatic carbocycles. The van der Waals surface area contributed by atoms with Gasteiger partial charge in [-0.3, -0.25) is 29.1 Å². The van der Waals surface area contributed by atoms with Crippen LogP contribution in [0.5, 0.6) is 0 Å². The summed E-state index contributed by atoms with van der Waals surface area (Å²) in [7, 11) is 0. The lowest BCUT2D eigenvalue weighted by molar-refractivity contribution is -0.130. The number of pyridine rings is 2. The Bertz CT molecular complexity index is 2940. The summed E-state index contributed by atoms with van der Waals surface area (Å²) < 4.78 is 0.